The zero-order chi connectivity index (χ0) is 14.9. The summed E-state index contributed by atoms with van der Waals surface area (Å²) in [5.74, 6) is 1.60. The van der Waals surface area contributed by atoms with Gasteiger partial charge in [0.2, 0.25) is 5.91 Å². The molecule has 0 aliphatic carbocycles. The lowest BCUT2D eigenvalue weighted by atomic mass is 10.1. The van der Waals surface area contributed by atoms with Crippen LogP contribution >= 0.6 is 0 Å². The summed E-state index contributed by atoms with van der Waals surface area (Å²) in [4.78, 5) is 20.8. The van der Waals surface area contributed by atoms with Crippen LogP contribution in [0.2, 0.25) is 0 Å². The summed E-state index contributed by atoms with van der Waals surface area (Å²) in [6.07, 6.45) is 0. The summed E-state index contributed by atoms with van der Waals surface area (Å²) < 4.78 is 0. The number of pyridine rings is 1. The zero-order valence-corrected chi connectivity index (χ0v) is 13.2. The van der Waals surface area contributed by atoms with Gasteiger partial charge in [-0.25, -0.2) is 4.98 Å². The molecule has 0 aromatic carbocycles. The minimum absolute atomic E-state index is 0.134. The molecule has 0 fully saturated rings. The molecule has 1 aliphatic rings. The number of hydrogen-bond donors (Lipinski definition) is 0. The Labute approximate surface area is 121 Å². The number of rotatable bonds is 2. The van der Waals surface area contributed by atoms with E-state index in [1.165, 1.54) is 0 Å². The van der Waals surface area contributed by atoms with Gasteiger partial charge in [-0.2, -0.15) is 0 Å². The van der Waals surface area contributed by atoms with Crippen molar-refractivity contribution in [1.29, 1.82) is 0 Å². The SMILES string of the molecule is CC(=O)N1CCN(C(C)C)c2nc(C(C)C)ccc2C1. The van der Waals surface area contributed by atoms with Gasteiger partial charge < -0.3 is 9.80 Å². The Bertz CT molecular complexity index is 496. The molecule has 20 heavy (non-hydrogen) atoms. The van der Waals surface area contributed by atoms with E-state index in [-0.39, 0.29) is 5.91 Å². The minimum atomic E-state index is 0.134. The lowest BCUT2D eigenvalue weighted by Crippen LogP contribution is -2.37. The average molecular weight is 275 g/mol. The Kier molecular flexibility index (Phi) is 4.31. The van der Waals surface area contributed by atoms with Crippen LogP contribution in [-0.2, 0) is 11.3 Å². The van der Waals surface area contributed by atoms with E-state index in [0.29, 0.717) is 18.5 Å². The summed E-state index contributed by atoms with van der Waals surface area (Å²) in [6, 6.07) is 4.61. The molecule has 4 nitrogen and oxygen atoms in total. The van der Waals surface area contributed by atoms with Gasteiger partial charge in [0, 0.05) is 43.9 Å². The quantitative estimate of drug-likeness (QED) is 0.832. The number of anilines is 1. The maximum absolute atomic E-state index is 11.7. The molecular formula is C16H25N3O. The predicted octanol–water partition coefficient (Wildman–Crippen LogP) is 2.78. The second-order valence-corrected chi connectivity index (χ2v) is 6.10. The van der Waals surface area contributed by atoms with E-state index in [4.69, 9.17) is 4.98 Å². The molecule has 1 aromatic rings. The highest BCUT2D eigenvalue weighted by molar-refractivity contribution is 5.74. The molecule has 0 unspecified atom stereocenters. The second kappa shape index (κ2) is 5.81. The van der Waals surface area contributed by atoms with Gasteiger partial charge in [-0.3, -0.25) is 4.79 Å². The molecule has 0 radical (unpaired) electrons. The standard InChI is InChI=1S/C16H25N3O/c1-11(2)15-7-6-14-10-18(13(5)20)8-9-19(12(3)4)16(14)17-15/h6-7,11-12H,8-10H2,1-5H3. The summed E-state index contributed by atoms with van der Waals surface area (Å²) >= 11 is 0. The van der Waals surface area contributed by atoms with Crippen LogP contribution in [0, 0.1) is 0 Å². The summed E-state index contributed by atoms with van der Waals surface area (Å²) in [7, 11) is 0. The number of hydrogen-bond acceptors (Lipinski definition) is 3. The lowest BCUT2D eigenvalue weighted by molar-refractivity contribution is -0.129. The fraction of sp³-hybridized carbons (Fsp3) is 0.625. The van der Waals surface area contributed by atoms with Crippen LogP contribution in [0.3, 0.4) is 0 Å². The number of carbonyl (C=O) groups is 1. The molecule has 0 N–H and O–H groups in total. The topological polar surface area (TPSA) is 36.4 Å². The minimum Gasteiger partial charge on any atom is -0.352 e. The molecular weight excluding hydrogens is 250 g/mol. The van der Waals surface area contributed by atoms with Crippen molar-refractivity contribution in [2.24, 2.45) is 0 Å². The highest BCUT2D eigenvalue weighted by Crippen LogP contribution is 2.27. The van der Waals surface area contributed by atoms with Crippen LogP contribution in [0.25, 0.3) is 0 Å². The predicted molar refractivity (Wildman–Crippen MR) is 81.9 cm³/mol. The highest BCUT2D eigenvalue weighted by Gasteiger charge is 2.24. The Morgan fingerprint density at radius 1 is 1.20 bits per heavy atom. The van der Waals surface area contributed by atoms with Gasteiger partial charge in [0.1, 0.15) is 5.82 Å². The molecule has 2 rings (SSSR count). The van der Waals surface area contributed by atoms with Crippen LogP contribution < -0.4 is 4.90 Å². The van der Waals surface area contributed by atoms with Crippen molar-refractivity contribution in [3.63, 3.8) is 0 Å². The Hall–Kier alpha value is -1.58. The molecule has 4 heteroatoms. The first kappa shape index (κ1) is 14.8. The third-order valence-electron chi connectivity index (χ3n) is 3.88. The molecule has 2 heterocycles. The van der Waals surface area contributed by atoms with E-state index in [9.17, 15) is 4.79 Å². The fourth-order valence-electron chi connectivity index (χ4n) is 2.58. The van der Waals surface area contributed by atoms with Gasteiger partial charge in [0.15, 0.2) is 0 Å². The van der Waals surface area contributed by atoms with Crippen molar-refractivity contribution in [2.45, 2.75) is 53.1 Å². The van der Waals surface area contributed by atoms with Crippen LogP contribution in [0.5, 0.6) is 0 Å². The fourth-order valence-corrected chi connectivity index (χ4v) is 2.58. The summed E-state index contributed by atoms with van der Waals surface area (Å²) in [6.45, 7) is 12.6. The van der Waals surface area contributed by atoms with E-state index in [1.54, 1.807) is 6.92 Å². The first-order chi connectivity index (χ1) is 9.40. The second-order valence-electron chi connectivity index (χ2n) is 6.10. The van der Waals surface area contributed by atoms with Gasteiger partial charge in [-0.1, -0.05) is 19.9 Å². The van der Waals surface area contributed by atoms with Gasteiger partial charge in [0.05, 0.1) is 0 Å². The molecule has 0 atom stereocenters. The number of carbonyl (C=O) groups excluding carboxylic acids is 1. The van der Waals surface area contributed by atoms with Crippen LogP contribution in [0.4, 0.5) is 5.82 Å². The molecule has 0 saturated carbocycles. The maximum Gasteiger partial charge on any atom is 0.219 e. The van der Waals surface area contributed by atoms with Gasteiger partial charge in [-0.15, -0.1) is 0 Å². The lowest BCUT2D eigenvalue weighted by Gasteiger charge is -2.28. The van der Waals surface area contributed by atoms with E-state index in [0.717, 1.165) is 30.2 Å². The van der Waals surface area contributed by atoms with Crippen molar-refractivity contribution >= 4 is 11.7 Å². The third-order valence-corrected chi connectivity index (χ3v) is 3.88. The number of amides is 1. The zero-order valence-electron chi connectivity index (χ0n) is 13.2. The van der Waals surface area contributed by atoms with Gasteiger partial charge >= 0.3 is 0 Å². The molecule has 1 aliphatic heterocycles. The van der Waals surface area contributed by atoms with E-state index < -0.39 is 0 Å². The van der Waals surface area contributed by atoms with Gasteiger partial charge in [-0.05, 0) is 25.8 Å². The smallest absolute Gasteiger partial charge is 0.219 e. The van der Waals surface area contributed by atoms with Crippen LogP contribution in [-0.4, -0.2) is 34.9 Å². The molecule has 1 amide bonds. The number of aromatic nitrogens is 1. The average Bonchev–Trinajstić information content (AvgIpc) is 2.56. The van der Waals surface area contributed by atoms with Crippen molar-refractivity contribution in [1.82, 2.24) is 9.88 Å². The summed E-state index contributed by atoms with van der Waals surface area (Å²) in [5, 5.41) is 0. The van der Waals surface area contributed by atoms with Crippen molar-refractivity contribution in [3.8, 4) is 0 Å². The van der Waals surface area contributed by atoms with Crippen molar-refractivity contribution in [2.75, 3.05) is 18.0 Å². The summed E-state index contributed by atoms with van der Waals surface area (Å²) in [5.41, 5.74) is 2.27. The Morgan fingerprint density at radius 3 is 2.45 bits per heavy atom. The van der Waals surface area contributed by atoms with Crippen molar-refractivity contribution < 1.29 is 4.79 Å². The first-order valence-electron chi connectivity index (χ1n) is 7.42. The maximum atomic E-state index is 11.7. The molecule has 0 saturated heterocycles. The van der Waals surface area contributed by atoms with Crippen molar-refractivity contribution in [3.05, 3.63) is 23.4 Å². The van der Waals surface area contributed by atoms with E-state index >= 15 is 0 Å². The van der Waals surface area contributed by atoms with Gasteiger partial charge in [0.25, 0.3) is 0 Å². The first-order valence-corrected chi connectivity index (χ1v) is 7.42. The Morgan fingerprint density at radius 2 is 1.90 bits per heavy atom. The largest absolute Gasteiger partial charge is 0.352 e. The highest BCUT2D eigenvalue weighted by atomic mass is 16.2. The Balaban J connectivity index is 2.44. The van der Waals surface area contributed by atoms with Crippen LogP contribution in [0.15, 0.2) is 12.1 Å². The monoisotopic (exact) mass is 275 g/mol. The van der Waals surface area contributed by atoms with Crippen LogP contribution in [0.1, 0.15) is 51.8 Å². The van der Waals surface area contributed by atoms with E-state index in [2.05, 4.69) is 44.7 Å². The number of fused-ring (bicyclic) bond motifs is 1. The normalized spacial score (nSPS) is 15.6. The molecule has 0 spiro atoms. The molecule has 1 aromatic heterocycles. The third kappa shape index (κ3) is 2.94. The van der Waals surface area contributed by atoms with E-state index in [1.807, 2.05) is 4.90 Å². The number of nitrogens with zero attached hydrogens (tertiary/aromatic N) is 3. The molecule has 0 bridgehead atoms. The molecule has 110 valence electrons.